The fourth-order valence-corrected chi connectivity index (χ4v) is 2.29. The largest absolute Gasteiger partial charge is 0.490 e. The Kier molecular flexibility index (Phi) is 3.67. The van der Waals surface area contributed by atoms with Gasteiger partial charge in [-0.1, -0.05) is 12.8 Å². The maximum absolute atomic E-state index is 10.6. The molecule has 1 aromatic rings. The number of nitriles is 1. The Bertz CT molecular complexity index is 530. The van der Waals surface area contributed by atoms with Crippen LogP contribution in [0.1, 0.15) is 31.2 Å². The summed E-state index contributed by atoms with van der Waals surface area (Å²) in [5.41, 5.74) is 5.87. The molecule has 0 heterocycles. The van der Waals surface area contributed by atoms with Crippen LogP contribution in [0.3, 0.4) is 0 Å². The molecule has 1 fully saturated rings. The van der Waals surface area contributed by atoms with Crippen LogP contribution in [0.5, 0.6) is 5.75 Å². The second-order valence-corrected chi connectivity index (χ2v) is 4.91. The normalized spacial score (nSPS) is 16.8. The first-order valence-corrected chi connectivity index (χ1v) is 6.14. The molecule has 0 radical (unpaired) electrons. The van der Waals surface area contributed by atoms with Crippen LogP contribution >= 0.6 is 0 Å². The molecule has 2 rings (SSSR count). The molecule has 0 aliphatic heterocycles. The van der Waals surface area contributed by atoms with Crippen molar-refractivity contribution >= 4 is 5.69 Å². The first-order valence-electron chi connectivity index (χ1n) is 6.14. The number of hydrogen-bond acceptors (Lipinski definition) is 5. The van der Waals surface area contributed by atoms with Crippen molar-refractivity contribution in [1.82, 2.24) is 0 Å². The standard InChI is InChI=1S/C13H15N3O3/c14-8-10-7-11(16(17)18)3-4-12(10)19-9-13(15)5-1-2-6-13/h3-4,7H,1-2,5-6,9,15H2. The Balaban J connectivity index is 2.12. The number of nitro benzene ring substituents is 1. The molecule has 0 spiro atoms. The summed E-state index contributed by atoms with van der Waals surface area (Å²) in [5.74, 6) is 0.352. The number of hydrogen-bond donors (Lipinski definition) is 1. The molecule has 6 heteroatoms. The highest BCUT2D eigenvalue weighted by molar-refractivity contribution is 5.50. The molecule has 0 atom stereocenters. The van der Waals surface area contributed by atoms with Gasteiger partial charge in [-0.05, 0) is 18.9 Å². The van der Waals surface area contributed by atoms with E-state index in [0.717, 1.165) is 25.7 Å². The molecule has 100 valence electrons. The molecule has 1 saturated carbocycles. The lowest BCUT2D eigenvalue weighted by atomic mass is 10.0. The molecular formula is C13H15N3O3. The van der Waals surface area contributed by atoms with Gasteiger partial charge in [0.15, 0.2) is 0 Å². The van der Waals surface area contributed by atoms with Gasteiger partial charge in [0.1, 0.15) is 24.0 Å². The van der Waals surface area contributed by atoms with Crippen LogP contribution in [-0.4, -0.2) is 17.1 Å². The molecule has 0 aromatic heterocycles. The van der Waals surface area contributed by atoms with Gasteiger partial charge >= 0.3 is 0 Å². The molecule has 2 N–H and O–H groups in total. The molecule has 0 unspecified atom stereocenters. The molecule has 0 bridgehead atoms. The maximum Gasteiger partial charge on any atom is 0.271 e. The van der Waals surface area contributed by atoms with E-state index >= 15 is 0 Å². The zero-order chi connectivity index (χ0) is 13.9. The average Bonchev–Trinajstić information content (AvgIpc) is 2.83. The third kappa shape index (κ3) is 3.01. The predicted molar refractivity (Wildman–Crippen MR) is 68.7 cm³/mol. The van der Waals surface area contributed by atoms with Crippen molar-refractivity contribution in [3.05, 3.63) is 33.9 Å². The summed E-state index contributed by atoms with van der Waals surface area (Å²) < 4.78 is 5.58. The number of nitrogens with zero attached hydrogens (tertiary/aromatic N) is 2. The molecule has 6 nitrogen and oxygen atoms in total. The van der Waals surface area contributed by atoms with E-state index in [1.54, 1.807) is 0 Å². The highest BCUT2D eigenvalue weighted by atomic mass is 16.6. The van der Waals surface area contributed by atoms with E-state index in [1.165, 1.54) is 18.2 Å². The lowest BCUT2D eigenvalue weighted by molar-refractivity contribution is -0.384. The van der Waals surface area contributed by atoms with Crippen molar-refractivity contribution in [1.29, 1.82) is 5.26 Å². The Hall–Kier alpha value is -2.13. The summed E-state index contributed by atoms with van der Waals surface area (Å²) in [7, 11) is 0. The first kappa shape index (κ1) is 13.3. The van der Waals surface area contributed by atoms with Gasteiger partial charge < -0.3 is 10.5 Å². The predicted octanol–water partition coefficient (Wildman–Crippen LogP) is 2.12. The Morgan fingerprint density at radius 3 is 2.74 bits per heavy atom. The Morgan fingerprint density at radius 2 is 2.16 bits per heavy atom. The van der Waals surface area contributed by atoms with Crippen molar-refractivity contribution in [2.45, 2.75) is 31.2 Å². The smallest absolute Gasteiger partial charge is 0.271 e. The quantitative estimate of drug-likeness (QED) is 0.660. The monoisotopic (exact) mass is 261 g/mol. The van der Waals surface area contributed by atoms with E-state index in [-0.39, 0.29) is 16.8 Å². The zero-order valence-electron chi connectivity index (χ0n) is 10.5. The van der Waals surface area contributed by atoms with Crippen LogP contribution in [0.2, 0.25) is 0 Å². The summed E-state index contributed by atoms with van der Waals surface area (Å²) in [6, 6.07) is 5.90. The van der Waals surface area contributed by atoms with Crippen LogP contribution in [0.4, 0.5) is 5.69 Å². The first-order chi connectivity index (χ1) is 9.04. The number of non-ortho nitro benzene ring substituents is 1. The van der Waals surface area contributed by atoms with Crippen molar-refractivity contribution < 1.29 is 9.66 Å². The minimum absolute atomic E-state index is 0.118. The second kappa shape index (κ2) is 5.24. The van der Waals surface area contributed by atoms with Crippen molar-refractivity contribution in [3.63, 3.8) is 0 Å². The maximum atomic E-state index is 10.6. The SMILES string of the molecule is N#Cc1cc([N+](=O)[O-])ccc1OCC1(N)CCCC1. The van der Waals surface area contributed by atoms with Gasteiger partial charge in [-0.2, -0.15) is 5.26 Å². The van der Waals surface area contributed by atoms with Gasteiger partial charge in [-0.3, -0.25) is 10.1 Å². The van der Waals surface area contributed by atoms with Crippen LogP contribution in [0.25, 0.3) is 0 Å². The fraction of sp³-hybridized carbons (Fsp3) is 0.462. The Morgan fingerprint density at radius 1 is 1.47 bits per heavy atom. The summed E-state index contributed by atoms with van der Waals surface area (Å²) in [4.78, 5) is 10.1. The highest BCUT2D eigenvalue weighted by Crippen LogP contribution is 2.29. The summed E-state index contributed by atoms with van der Waals surface area (Å²) >= 11 is 0. The van der Waals surface area contributed by atoms with E-state index in [0.29, 0.717) is 12.4 Å². The van der Waals surface area contributed by atoms with E-state index in [1.807, 2.05) is 6.07 Å². The highest BCUT2D eigenvalue weighted by Gasteiger charge is 2.30. The molecule has 0 amide bonds. The lowest BCUT2D eigenvalue weighted by Gasteiger charge is -2.23. The summed E-state index contributed by atoms with van der Waals surface area (Å²) in [5, 5.41) is 19.6. The fourth-order valence-electron chi connectivity index (χ4n) is 2.29. The van der Waals surface area contributed by atoms with E-state index in [9.17, 15) is 10.1 Å². The number of benzene rings is 1. The van der Waals surface area contributed by atoms with Crippen LogP contribution in [0.15, 0.2) is 18.2 Å². The van der Waals surface area contributed by atoms with Crippen LogP contribution < -0.4 is 10.5 Å². The Labute approximate surface area is 110 Å². The average molecular weight is 261 g/mol. The number of nitro groups is 1. The molecule has 1 aliphatic rings. The molecular weight excluding hydrogens is 246 g/mol. The van der Waals surface area contributed by atoms with E-state index < -0.39 is 4.92 Å². The van der Waals surface area contributed by atoms with Gasteiger partial charge in [0.05, 0.1) is 10.5 Å². The van der Waals surface area contributed by atoms with Crippen LogP contribution in [0, 0.1) is 21.4 Å². The minimum atomic E-state index is -0.536. The lowest BCUT2D eigenvalue weighted by Crippen LogP contribution is -2.42. The summed E-state index contributed by atoms with van der Waals surface area (Å²) in [6.07, 6.45) is 3.99. The third-order valence-corrected chi connectivity index (χ3v) is 3.41. The van der Waals surface area contributed by atoms with Gasteiger partial charge in [-0.15, -0.1) is 0 Å². The van der Waals surface area contributed by atoms with Gasteiger partial charge in [0, 0.05) is 12.1 Å². The molecule has 19 heavy (non-hydrogen) atoms. The second-order valence-electron chi connectivity index (χ2n) is 4.91. The van der Waals surface area contributed by atoms with Gasteiger partial charge in [-0.25, -0.2) is 0 Å². The van der Waals surface area contributed by atoms with Crippen molar-refractivity contribution in [2.75, 3.05) is 6.61 Å². The van der Waals surface area contributed by atoms with E-state index in [2.05, 4.69) is 0 Å². The van der Waals surface area contributed by atoms with Gasteiger partial charge in [0.25, 0.3) is 5.69 Å². The van der Waals surface area contributed by atoms with Crippen molar-refractivity contribution in [3.8, 4) is 11.8 Å². The minimum Gasteiger partial charge on any atom is -0.490 e. The molecule has 1 aromatic carbocycles. The molecule has 0 saturated heterocycles. The topological polar surface area (TPSA) is 102 Å². The number of nitrogens with two attached hydrogens (primary N) is 1. The molecule has 1 aliphatic carbocycles. The zero-order valence-corrected chi connectivity index (χ0v) is 10.5. The summed E-state index contributed by atoms with van der Waals surface area (Å²) in [6.45, 7) is 0.333. The third-order valence-electron chi connectivity index (χ3n) is 3.41. The number of rotatable bonds is 4. The number of ether oxygens (including phenoxy) is 1. The van der Waals surface area contributed by atoms with Crippen LogP contribution in [-0.2, 0) is 0 Å². The van der Waals surface area contributed by atoms with Gasteiger partial charge in [0.2, 0.25) is 0 Å². The van der Waals surface area contributed by atoms with E-state index in [4.69, 9.17) is 15.7 Å². The van der Waals surface area contributed by atoms with Crippen molar-refractivity contribution in [2.24, 2.45) is 5.73 Å².